The molecule has 0 atom stereocenters. The van der Waals surface area contributed by atoms with E-state index in [1.54, 1.807) is 0 Å². The maximum atomic E-state index is 9.23. The first-order valence-electron chi connectivity index (χ1n) is 6.51. The van der Waals surface area contributed by atoms with Gasteiger partial charge >= 0.3 is 0 Å². The Morgan fingerprint density at radius 2 is 1.35 bits per heavy atom. The zero-order valence-corrected chi connectivity index (χ0v) is 11.7. The summed E-state index contributed by atoms with van der Waals surface area (Å²) in [4.78, 5) is 8.46. The molecule has 5 heteroatoms. The second kappa shape index (κ2) is 4.82. The summed E-state index contributed by atoms with van der Waals surface area (Å²) in [5, 5.41) is 9.23. The molecule has 2 heterocycles. The summed E-state index contributed by atoms with van der Waals surface area (Å²) >= 11 is 0. The van der Waals surface area contributed by atoms with Gasteiger partial charge in [-0.25, -0.2) is 0 Å². The van der Waals surface area contributed by atoms with E-state index in [1.807, 2.05) is 51.0 Å². The molecule has 2 aliphatic rings. The number of anilines is 2. The molecular formula is C15H17N5. The molecule has 1 aromatic rings. The lowest BCUT2D eigenvalue weighted by Gasteiger charge is -2.23. The number of hydrogen-bond donors (Lipinski definition) is 0. The molecule has 0 saturated heterocycles. The van der Waals surface area contributed by atoms with Crippen LogP contribution in [-0.4, -0.2) is 37.2 Å². The molecule has 0 unspecified atom stereocenters. The molecule has 20 heavy (non-hydrogen) atoms. The van der Waals surface area contributed by atoms with E-state index >= 15 is 0 Å². The predicted octanol–water partition coefficient (Wildman–Crippen LogP) is 1.92. The summed E-state index contributed by atoms with van der Waals surface area (Å²) in [6.45, 7) is 1.62. The number of benzene rings is 1. The molecule has 2 aliphatic heterocycles. The van der Waals surface area contributed by atoms with Crippen LogP contribution in [0, 0.1) is 11.3 Å². The van der Waals surface area contributed by atoms with Gasteiger partial charge in [-0.05, 0) is 18.2 Å². The van der Waals surface area contributed by atoms with Crippen molar-refractivity contribution in [1.29, 1.82) is 5.26 Å². The highest BCUT2D eigenvalue weighted by Crippen LogP contribution is 2.28. The fourth-order valence-electron chi connectivity index (χ4n) is 2.38. The van der Waals surface area contributed by atoms with E-state index in [9.17, 15) is 5.26 Å². The van der Waals surface area contributed by atoms with Gasteiger partial charge in [-0.3, -0.25) is 0 Å². The van der Waals surface area contributed by atoms with Crippen molar-refractivity contribution < 1.29 is 0 Å². The Balaban J connectivity index is 1.94. The first-order chi connectivity index (χ1) is 9.65. The summed E-state index contributed by atoms with van der Waals surface area (Å²) in [5.41, 5.74) is 2.77. The number of nitrogens with zero attached hydrogens (tertiary/aromatic N) is 5. The topological polar surface area (TPSA) is 36.8 Å². The molecule has 0 fully saturated rings. The van der Waals surface area contributed by atoms with E-state index in [2.05, 4.69) is 31.7 Å². The van der Waals surface area contributed by atoms with Gasteiger partial charge in [0, 0.05) is 50.3 Å². The summed E-state index contributed by atoms with van der Waals surface area (Å²) in [5.74, 6) is 0. The molecule has 102 valence electrons. The van der Waals surface area contributed by atoms with E-state index in [4.69, 9.17) is 0 Å². The average molecular weight is 267 g/mol. The van der Waals surface area contributed by atoms with Crippen LogP contribution in [0.5, 0.6) is 0 Å². The maximum Gasteiger partial charge on any atom is 0.0993 e. The average Bonchev–Trinajstić information content (AvgIpc) is 3.07. The third-order valence-corrected chi connectivity index (χ3v) is 3.45. The van der Waals surface area contributed by atoms with Gasteiger partial charge in [-0.15, -0.1) is 0 Å². The van der Waals surface area contributed by atoms with Crippen molar-refractivity contribution in [3.8, 4) is 6.07 Å². The summed E-state index contributed by atoms with van der Waals surface area (Å²) < 4.78 is 0. The van der Waals surface area contributed by atoms with Crippen molar-refractivity contribution >= 4 is 11.4 Å². The van der Waals surface area contributed by atoms with Crippen LogP contribution in [0.15, 0.2) is 43.0 Å². The highest BCUT2D eigenvalue weighted by atomic mass is 15.3. The van der Waals surface area contributed by atoms with Crippen LogP contribution in [0.2, 0.25) is 0 Å². The van der Waals surface area contributed by atoms with E-state index in [0.717, 1.165) is 24.7 Å². The number of nitriles is 1. The Kier molecular flexibility index (Phi) is 2.99. The van der Waals surface area contributed by atoms with Crippen molar-refractivity contribution in [2.45, 2.75) is 0 Å². The Bertz CT molecular complexity index is 569. The minimum Gasteiger partial charge on any atom is -0.361 e. The van der Waals surface area contributed by atoms with Crippen molar-refractivity contribution in [3.63, 3.8) is 0 Å². The summed E-state index contributed by atoms with van der Waals surface area (Å²) in [7, 11) is 4.06. The van der Waals surface area contributed by atoms with E-state index in [-0.39, 0.29) is 0 Å². The van der Waals surface area contributed by atoms with E-state index in [0.29, 0.717) is 5.56 Å². The molecule has 0 aliphatic carbocycles. The minimum atomic E-state index is 0.684. The first-order valence-corrected chi connectivity index (χ1v) is 6.51. The molecule has 0 radical (unpaired) electrons. The lowest BCUT2D eigenvalue weighted by molar-refractivity contribution is 0.494. The monoisotopic (exact) mass is 267 g/mol. The van der Waals surface area contributed by atoms with Gasteiger partial charge in [0.2, 0.25) is 0 Å². The molecule has 0 bridgehead atoms. The fraction of sp³-hybridized carbons (Fsp3) is 0.267. The molecule has 0 aromatic heterocycles. The quantitative estimate of drug-likeness (QED) is 0.818. The van der Waals surface area contributed by atoms with Gasteiger partial charge in [0.05, 0.1) is 25.0 Å². The van der Waals surface area contributed by atoms with Crippen molar-refractivity contribution in [2.75, 3.05) is 37.2 Å². The van der Waals surface area contributed by atoms with Crippen LogP contribution in [0.3, 0.4) is 0 Å². The molecule has 0 amide bonds. The zero-order chi connectivity index (χ0) is 14.1. The Morgan fingerprint density at radius 3 is 1.70 bits per heavy atom. The Labute approximate surface area is 119 Å². The first kappa shape index (κ1) is 12.4. The molecular weight excluding hydrogens is 250 g/mol. The molecule has 0 saturated carbocycles. The Hall–Kier alpha value is -2.61. The fourth-order valence-corrected chi connectivity index (χ4v) is 2.38. The van der Waals surface area contributed by atoms with Gasteiger partial charge < -0.3 is 19.6 Å². The molecule has 3 rings (SSSR count). The molecule has 1 aromatic carbocycles. The van der Waals surface area contributed by atoms with Crippen LogP contribution in [0.4, 0.5) is 11.4 Å². The highest BCUT2D eigenvalue weighted by Gasteiger charge is 2.16. The lowest BCUT2D eigenvalue weighted by atomic mass is 10.1. The standard InChI is InChI=1S/C15H17N5/c1-17-3-5-19(11-17)14-7-13(10-16)8-15(9-14)20-6-4-18(2)12-20/h3-9H,11-12H2,1-2H3. The smallest absolute Gasteiger partial charge is 0.0993 e. The molecule has 0 N–H and O–H groups in total. The number of hydrogen-bond acceptors (Lipinski definition) is 5. The second-order valence-electron chi connectivity index (χ2n) is 5.18. The van der Waals surface area contributed by atoms with Crippen molar-refractivity contribution in [3.05, 3.63) is 48.6 Å². The van der Waals surface area contributed by atoms with Crippen LogP contribution in [0.1, 0.15) is 5.56 Å². The molecule has 0 spiro atoms. The van der Waals surface area contributed by atoms with Gasteiger partial charge in [0.15, 0.2) is 0 Å². The van der Waals surface area contributed by atoms with Crippen LogP contribution >= 0.6 is 0 Å². The lowest BCUT2D eigenvalue weighted by Crippen LogP contribution is -2.23. The highest BCUT2D eigenvalue weighted by molar-refractivity contribution is 5.66. The zero-order valence-electron chi connectivity index (χ0n) is 11.7. The van der Waals surface area contributed by atoms with Gasteiger partial charge in [0.1, 0.15) is 0 Å². The third kappa shape index (κ3) is 2.28. The third-order valence-electron chi connectivity index (χ3n) is 3.45. The van der Waals surface area contributed by atoms with Crippen molar-refractivity contribution in [2.24, 2.45) is 0 Å². The summed E-state index contributed by atoms with van der Waals surface area (Å²) in [6.07, 6.45) is 8.13. The maximum absolute atomic E-state index is 9.23. The number of rotatable bonds is 2. The van der Waals surface area contributed by atoms with Crippen LogP contribution < -0.4 is 9.80 Å². The second-order valence-corrected chi connectivity index (χ2v) is 5.18. The summed E-state index contributed by atoms with van der Waals surface area (Å²) in [6, 6.07) is 8.22. The van der Waals surface area contributed by atoms with Crippen molar-refractivity contribution in [1.82, 2.24) is 9.80 Å². The SMILES string of the molecule is CN1C=CN(c2cc(C#N)cc(N3C=CN(C)C3)c2)C1. The molecule has 5 nitrogen and oxygen atoms in total. The van der Waals surface area contributed by atoms with Crippen LogP contribution in [0.25, 0.3) is 0 Å². The van der Waals surface area contributed by atoms with E-state index in [1.165, 1.54) is 0 Å². The Morgan fingerprint density at radius 1 is 0.850 bits per heavy atom. The largest absolute Gasteiger partial charge is 0.361 e. The predicted molar refractivity (Wildman–Crippen MR) is 79.7 cm³/mol. The van der Waals surface area contributed by atoms with Crippen LogP contribution in [-0.2, 0) is 0 Å². The minimum absolute atomic E-state index is 0.684. The normalized spacial score (nSPS) is 17.2. The van der Waals surface area contributed by atoms with Gasteiger partial charge in [-0.2, -0.15) is 5.26 Å². The van der Waals surface area contributed by atoms with Gasteiger partial charge in [-0.1, -0.05) is 0 Å². The van der Waals surface area contributed by atoms with E-state index < -0.39 is 0 Å². The van der Waals surface area contributed by atoms with Gasteiger partial charge in [0.25, 0.3) is 0 Å².